The molecule has 0 aliphatic carbocycles. The summed E-state index contributed by atoms with van der Waals surface area (Å²) in [6, 6.07) is 0.0588. The molecule has 0 aromatic heterocycles. The second-order valence-electron chi connectivity index (χ2n) is 4.36. The molecule has 0 aromatic rings. The molecule has 1 saturated heterocycles. The van der Waals surface area contributed by atoms with E-state index >= 15 is 0 Å². The Morgan fingerprint density at radius 1 is 1.50 bits per heavy atom. The third-order valence-electron chi connectivity index (χ3n) is 2.80. The summed E-state index contributed by atoms with van der Waals surface area (Å²) < 4.78 is 11.1. The molecule has 0 spiro atoms. The van der Waals surface area contributed by atoms with Gasteiger partial charge in [-0.05, 0) is 32.2 Å². The van der Waals surface area contributed by atoms with Crippen LogP contribution >= 0.6 is 0 Å². The quantitative estimate of drug-likeness (QED) is 0.652. The van der Waals surface area contributed by atoms with Crippen molar-refractivity contribution in [3.05, 3.63) is 0 Å². The summed E-state index contributed by atoms with van der Waals surface area (Å²) in [5, 5.41) is 12.4. The van der Waals surface area contributed by atoms with Crippen molar-refractivity contribution in [1.82, 2.24) is 5.32 Å². The van der Waals surface area contributed by atoms with E-state index in [4.69, 9.17) is 14.6 Å². The van der Waals surface area contributed by atoms with Crippen molar-refractivity contribution in [2.75, 3.05) is 33.0 Å². The molecule has 1 heterocycles. The second kappa shape index (κ2) is 8.93. The highest BCUT2D eigenvalue weighted by Gasteiger charge is 2.14. The fourth-order valence-electron chi connectivity index (χ4n) is 1.81. The van der Waals surface area contributed by atoms with E-state index in [1.54, 1.807) is 0 Å². The molecule has 0 amide bonds. The fraction of sp³-hybridized carbons (Fsp3) is 1.00. The Labute approximate surface area is 98.3 Å². The predicted molar refractivity (Wildman–Crippen MR) is 63.6 cm³/mol. The molecular weight excluding hydrogens is 206 g/mol. The van der Waals surface area contributed by atoms with E-state index in [-0.39, 0.29) is 18.8 Å². The molecular formula is C12H25NO3. The molecule has 2 N–H and O–H groups in total. The van der Waals surface area contributed by atoms with E-state index in [1.807, 2.05) is 0 Å². The van der Waals surface area contributed by atoms with Gasteiger partial charge < -0.3 is 19.9 Å². The van der Waals surface area contributed by atoms with Crippen LogP contribution in [0.25, 0.3) is 0 Å². The molecule has 1 aliphatic rings. The number of ether oxygens (including phenoxy) is 2. The first-order valence-electron chi connectivity index (χ1n) is 6.40. The van der Waals surface area contributed by atoms with E-state index in [2.05, 4.69) is 12.2 Å². The number of nitrogens with one attached hydrogen (secondary N) is 1. The first-order chi connectivity index (χ1) is 7.86. The summed E-state index contributed by atoms with van der Waals surface area (Å²) >= 11 is 0. The minimum absolute atomic E-state index is 0.0588. The molecule has 0 bridgehead atoms. The van der Waals surface area contributed by atoms with Gasteiger partial charge in [-0.1, -0.05) is 6.92 Å². The second-order valence-corrected chi connectivity index (χ2v) is 4.36. The Kier molecular flexibility index (Phi) is 7.76. The maximum Gasteiger partial charge on any atom is 0.0808 e. The number of rotatable bonds is 8. The van der Waals surface area contributed by atoms with Crippen LogP contribution in [0.5, 0.6) is 0 Å². The van der Waals surface area contributed by atoms with Crippen molar-refractivity contribution < 1.29 is 14.6 Å². The lowest BCUT2D eigenvalue weighted by molar-refractivity contribution is -0.0462. The zero-order valence-electron chi connectivity index (χ0n) is 10.3. The van der Waals surface area contributed by atoms with Gasteiger partial charge >= 0.3 is 0 Å². The number of hydrogen-bond acceptors (Lipinski definition) is 4. The van der Waals surface area contributed by atoms with Gasteiger partial charge in [0.1, 0.15) is 0 Å². The summed E-state index contributed by atoms with van der Waals surface area (Å²) in [4.78, 5) is 0. The van der Waals surface area contributed by atoms with Gasteiger partial charge in [-0.2, -0.15) is 0 Å². The van der Waals surface area contributed by atoms with E-state index in [9.17, 15) is 0 Å². The first kappa shape index (κ1) is 13.9. The monoisotopic (exact) mass is 231 g/mol. The average Bonchev–Trinajstić information content (AvgIpc) is 2.35. The Morgan fingerprint density at radius 2 is 2.38 bits per heavy atom. The highest BCUT2D eigenvalue weighted by molar-refractivity contribution is 4.66. The molecule has 0 aromatic carbocycles. The lowest BCUT2D eigenvalue weighted by Gasteiger charge is -2.23. The Balaban J connectivity index is 2.02. The van der Waals surface area contributed by atoms with Gasteiger partial charge in [0.05, 0.1) is 32.0 Å². The maximum absolute atomic E-state index is 9.12. The van der Waals surface area contributed by atoms with Gasteiger partial charge in [-0.25, -0.2) is 0 Å². The van der Waals surface area contributed by atoms with E-state index in [0.717, 1.165) is 26.0 Å². The molecule has 2 atom stereocenters. The van der Waals surface area contributed by atoms with Crippen LogP contribution in [-0.2, 0) is 9.47 Å². The normalized spacial score (nSPS) is 23.2. The number of aliphatic hydroxyl groups excluding tert-OH is 1. The topological polar surface area (TPSA) is 50.7 Å². The summed E-state index contributed by atoms with van der Waals surface area (Å²) in [6.45, 7) is 5.25. The van der Waals surface area contributed by atoms with Crippen molar-refractivity contribution in [3.8, 4) is 0 Å². The third kappa shape index (κ3) is 5.80. The molecule has 1 aliphatic heterocycles. The smallest absolute Gasteiger partial charge is 0.0808 e. The summed E-state index contributed by atoms with van der Waals surface area (Å²) in [5.74, 6) is 0. The maximum atomic E-state index is 9.12. The average molecular weight is 231 g/mol. The Morgan fingerprint density at radius 3 is 3.00 bits per heavy atom. The molecule has 4 nitrogen and oxygen atoms in total. The van der Waals surface area contributed by atoms with Crippen LogP contribution in [0.2, 0.25) is 0 Å². The third-order valence-corrected chi connectivity index (χ3v) is 2.80. The molecule has 4 heteroatoms. The lowest BCUT2D eigenvalue weighted by atomic mass is 10.1. The van der Waals surface area contributed by atoms with Gasteiger partial charge in [-0.3, -0.25) is 0 Å². The van der Waals surface area contributed by atoms with Crippen molar-refractivity contribution in [2.24, 2.45) is 0 Å². The first-order valence-corrected chi connectivity index (χ1v) is 6.40. The van der Waals surface area contributed by atoms with E-state index in [0.29, 0.717) is 13.2 Å². The minimum atomic E-state index is 0.0588. The standard InChI is InChI=1S/C12H25NO3/c1-2-6-13-11(8-14)9-15-10-12-5-3-4-7-16-12/h11-14H,2-10H2,1H3. The highest BCUT2D eigenvalue weighted by atomic mass is 16.5. The van der Waals surface area contributed by atoms with Crippen molar-refractivity contribution in [1.29, 1.82) is 0 Å². The minimum Gasteiger partial charge on any atom is -0.395 e. The number of hydrogen-bond donors (Lipinski definition) is 2. The Hall–Kier alpha value is -0.160. The van der Waals surface area contributed by atoms with Crippen molar-refractivity contribution in [3.63, 3.8) is 0 Å². The predicted octanol–water partition coefficient (Wildman–Crippen LogP) is 0.933. The fourth-order valence-corrected chi connectivity index (χ4v) is 1.81. The molecule has 96 valence electrons. The van der Waals surface area contributed by atoms with Crippen molar-refractivity contribution >= 4 is 0 Å². The van der Waals surface area contributed by atoms with Crippen molar-refractivity contribution in [2.45, 2.75) is 44.8 Å². The van der Waals surface area contributed by atoms with Gasteiger partial charge in [0, 0.05) is 6.61 Å². The summed E-state index contributed by atoms with van der Waals surface area (Å²) in [5.41, 5.74) is 0. The van der Waals surface area contributed by atoms with Gasteiger partial charge in [0.15, 0.2) is 0 Å². The van der Waals surface area contributed by atoms with Crippen LogP contribution in [0.15, 0.2) is 0 Å². The van der Waals surface area contributed by atoms with Gasteiger partial charge in [0.2, 0.25) is 0 Å². The molecule has 1 fully saturated rings. The SMILES string of the molecule is CCCNC(CO)COCC1CCCCO1. The number of aliphatic hydroxyl groups is 1. The van der Waals surface area contributed by atoms with Crippen LogP contribution in [0.4, 0.5) is 0 Å². The van der Waals surface area contributed by atoms with Gasteiger partial charge in [0.25, 0.3) is 0 Å². The van der Waals surface area contributed by atoms with Crippen LogP contribution in [0.1, 0.15) is 32.6 Å². The zero-order chi connectivity index (χ0) is 11.6. The zero-order valence-corrected chi connectivity index (χ0v) is 10.3. The molecule has 16 heavy (non-hydrogen) atoms. The van der Waals surface area contributed by atoms with E-state index < -0.39 is 0 Å². The highest BCUT2D eigenvalue weighted by Crippen LogP contribution is 2.12. The Bertz CT molecular complexity index is 160. The molecule has 2 unspecified atom stereocenters. The summed E-state index contributed by atoms with van der Waals surface area (Å²) in [7, 11) is 0. The lowest BCUT2D eigenvalue weighted by Crippen LogP contribution is -2.38. The van der Waals surface area contributed by atoms with Crippen LogP contribution in [0.3, 0.4) is 0 Å². The largest absolute Gasteiger partial charge is 0.395 e. The molecule has 0 radical (unpaired) electrons. The summed E-state index contributed by atoms with van der Waals surface area (Å²) in [6.07, 6.45) is 4.85. The van der Waals surface area contributed by atoms with Gasteiger partial charge in [-0.15, -0.1) is 0 Å². The molecule has 1 rings (SSSR count). The van der Waals surface area contributed by atoms with Crippen LogP contribution < -0.4 is 5.32 Å². The van der Waals surface area contributed by atoms with E-state index in [1.165, 1.54) is 12.8 Å². The van der Waals surface area contributed by atoms with Crippen LogP contribution in [0, 0.1) is 0 Å². The molecule has 0 saturated carbocycles. The van der Waals surface area contributed by atoms with Crippen LogP contribution in [-0.4, -0.2) is 50.2 Å².